The van der Waals surface area contributed by atoms with E-state index >= 15 is 0 Å². The van der Waals surface area contributed by atoms with Gasteiger partial charge in [0.05, 0.1) is 6.54 Å². The van der Waals surface area contributed by atoms with E-state index in [1.807, 2.05) is 6.92 Å². The molecule has 1 heterocycles. The quantitative estimate of drug-likeness (QED) is 0.864. The minimum atomic E-state index is -0.239. The van der Waals surface area contributed by atoms with Gasteiger partial charge >= 0.3 is 0 Å². The van der Waals surface area contributed by atoms with Gasteiger partial charge in [-0.25, -0.2) is 4.39 Å². The summed E-state index contributed by atoms with van der Waals surface area (Å²) in [5, 5.41) is 10.7. The highest BCUT2D eigenvalue weighted by atomic mass is 19.1. The van der Waals surface area contributed by atoms with E-state index < -0.39 is 0 Å². The molecule has 2 rings (SSSR count). The van der Waals surface area contributed by atoms with Gasteiger partial charge in [-0.15, -0.1) is 10.2 Å². The molecule has 84 valence electrons. The molecular formula is C11H12FN3O. The second-order valence-electron chi connectivity index (χ2n) is 3.53. The van der Waals surface area contributed by atoms with Crippen molar-refractivity contribution in [3.8, 4) is 0 Å². The zero-order chi connectivity index (χ0) is 11.5. The second kappa shape index (κ2) is 4.30. The lowest BCUT2D eigenvalue weighted by molar-refractivity contribution is 0.475. The normalized spacial score (nSPS) is 10.4. The van der Waals surface area contributed by atoms with Gasteiger partial charge in [0.15, 0.2) is 0 Å². The van der Waals surface area contributed by atoms with Gasteiger partial charge in [0.1, 0.15) is 5.82 Å². The third-order valence-electron chi connectivity index (χ3n) is 2.19. The van der Waals surface area contributed by atoms with Gasteiger partial charge < -0.3 is 9.73 Å². The molecule has 0 aliphatic heterocycles. The second-order valence-corrected chi connectivity index (χ2v) is 3.53. The molecule has 0 saturated heterocycles. The number of rotatable bonds is 3. The molecule has 0 amide bonds. The van der Waals surface area contributed by atoms with Crippen molar-refractivity contribution in [2.24, 2.45) is 0 Å². The highest BCUT2D eigenvalue weighted by Gasteiger charge is 2.03. The first-order valence-electron chi connectivity index (χ1n) is 4.94. The molecular weight excluding hydrogens is 209 g/mol. The number of hydrogen-bond donors (Lipinski definition) is 1. The smallest absolute Gasteiger partial charge is 0.235 e. The van der Waals surface area contributed by atoms with Gasteiger partial charge in [-0.05, 0) is 30.7 Å². The fourth-order valence-electron chi connectivity index (χ4n) is 1.41. The van der Waals surface area contributed by atoms with Crippen LogP contribution in [0.2, 0.25) is 0 Å². The average Bonchev–Trinajstić information content (AvgIpc) is 2.63. The fraction of sp³-hybridized carbons (Fsp3) is 0.273. The predicted molar refractivity (Wildman–Crippen MR) is 57.5 cm³/mol. The molecule has 0 spiro atoms. The van der Waals surface area contributed by atoms with E-state index in [0.29, 0.717) is 18.3 Å². The minimum Gasteiger partial charge on any atom is -0.424 e. The highest BCUT2D eigenvalue weighted by Crippen LogP contribution is 2.16. The van der Waals surface area contributed by atoms with E-state index in [1.165, 1.54) is 12.1 Å². The van der Waals surface area contributed by atoms with E-state index in [0.717, 1.165) is 11.3 Å². The molecule has 4 nitrogen and oxygen atoms in total. The third kappa shape index (κ3) is 2.36. The number of hydrogen-bond acceptors (Lipinski definition) is 4. The molecule has 5 heteroatoms. The zero-order valence-electron chi connectivity index (χ0n) is 9.12. The van der Waals surface area contributed by atoms with E-state index in [4.69, 9.17) is 4.42 Å². The SMILES string of the molecule is Cc1nnc(CNc2ccc(F)cc2C)o1. The van der Waals surface area contributed by atoms with Crippen molar-refractivity contribution in [3.63, 3.8) is 0 Å². The first kappa shape index (κ1) is 10.6. The first-order chi connectivity index (χ1) is 7.65. The van der Waals surface area contributed by atoms with Crippen molar-refractivity contribution in [1.82, 2.24) is 10.2 Å². The van der Waals surface area contributed by atoms with E-state index in [1.54, 1.807) is 13.0 Å². The highest BCUT2D eigenvalue weighted by molar-refractivity contribution is 5.50. The van der Waals surface area contributed by atoms with Crippen LogP contribution in [0.15, 0.2) is 22.6 Å². The van der Waals surface area contributed by atoms with Crippen LogP contribution in [0.5, 0.6) is 0 Å². The molecule has 2 aromatic rings. The molecule has 0 saturated carbocycles. The maximum absolute atomic E-state index is 12.8. The van der Waals surface area contributed by atoms with Gasteiger partial charge in [-0.3, -0.25) is 0 Å². The Bertz CT molecular complexity index is 496. The standard InChI is InChI=1S/C11H12FN3O/c1-7-5-9(12)3-4-10(7)13-6-11-15-14-8(2)16-11/h3-5,13H,6H2,1-2H3. The van der Waals surface area contributed by atoms with Gasteiger partial charge in [0.2, 0.25) is 11.8 Å². The number of anilines is 1. The van der Waals surface area contributed by atoms with Crippen LogP contribution < -0.4 is 5.32 Å². The van der Waals surface area contributed by atoms with Crippen molar-refractivity contribution in [3.05, 3.63) is 41.4 Å². The van der Waals surface area contributed by atoms with Gasteiger partial charge in [-0.1, -0.05) is 0 Å². The Kier molecular flexibility index (Phi) is 2.85. The Morgan fingerprint density at radius 3 is 2.75 bits per heavy atom. The van der Waals surface area contributed by atoms with Crippen molar-refractivity contribution in [2.45, 2.75) is 20.4 Å². The van der Waals surface area contributed by atoms with Crippen LogP contribution in [0, 0.1) is 19.7 Å². The van der Waals surface area contributed by atoms with Crippen LogP contribution in [0.25, 0.3) is 0 Å². The molecule has 1 aromatic carbocycles. The van der Waals surface area contributed by atoms with Crippen molar-refractivity contribution >= 4 is 5.69 Å². The monoisotopic (exact) mass is 221 g/mol. The number of benzene rings is 1. The Morgan fingerprint density at radius 1 is 1.31 bits per heavy atom. The minimum absolute atomic E-state index is 0.239. The average molecular weight is 221 g/mol. The molecule has 1 aromatic heterocycles. The molecule has 16 heavy (non-hydrogen) atoms. The molecule has 0 fully saturated rings. The Hall–Kier alpha value is -1.91. The van der Waals surface area contributed by atoms with Crippen molar-refractivity contribution in [1.29, 1.82) is 0 Å². The molecule has 0 radical (unpaired) electrons. The summed E-state index contributed by atoms with van der Waals surface area (Å²) in [6.07, 6.45) is 0. The van der Waals surface area contributed by atoms with Crippen LogP contribution in [0.1, 0.15) is 17.3 Å². The summed E-state index contributed by atoms with van der Waals surface area (Å²) >= 11 is 0. The largest absolute Gasteiger partial charge is 0.424 e. The summed E-state index contributed by atoms with van der Waals surface area (Å²) in [5.41, 5.74) is 1.70. The lowest BCUT2D eigenvalue weighted by Gasteiger charge is -2.06. The van der Waals surface area contributed by atoms with Crippen molar-refractivity contribution < 1.29 is 8.81 Å². The first-order valence-corrected chi connectivity index (χ1v) is 4.94. The lowest BCUT2D eigenvalue weighted by Crippen LogP contribution is -2.01. The van der Waals surface area contributed by atoms with Crippen LogP contribution in [0.3, 0.4) is 0 Å². The van der Waals surface area contributed by atoms with Crippen LogP contribution >= 0.6 is 0 Å². The Balaban J connectivity index is 2.04. The van der Waals surface area contributed by atoms with Crippen molar-refractivity contribution in [2.75, 3.05) is 5.32 Å². The molecule has 0 unspecified atom stereocenters. The summed E-state index contributed by atoms with van der Waals surface area (Å²) in [6, 6.07) is 4.57. The van der Waals surface area contributed by atoms with Gasteiger partial charge in [0.25, 0.3) is 0 Å². The summed E-state index contributed by atoms with van der Waals surface area (Å²) in [7, 11) is 0. The van der Waals surface area contributed by atoms with E-state index in [2.05, 4.69) is 15.5 Å². The maximum Gasteiger partial charge on any atom is 0.235 e. The molecule has 0 atom stereocenters. The topological polar surface area (TPSA) is 51.0 Å². The predicted octanol–water partition coefficient (Wildman–Crippen LogP) is 2.44. The third-order valence-corrected chi connectivity index (χ3v) is 2.19. The van der Waals surface area contributed by atoms with Crippen LogP contribution in [-0.4, -0.2) is 10.2 Å². The Morgan fingerprint density at radius 2 is 2.12 bits per heavy atom. The van der Waals surface area contributed by atoms with Gasteiger partial charge in [0, 0.05) is 12.6 Å². The van der Waals surface area contributed by atoms with E-state index in [-0.39, 0.29) is 5.82 Å². The molecule has 0 aliphatic carbocycles. The summed E-state index contributed by atoms with van der Waals surface area (Å²) in [4.78, 5) is 0. The fourth-order valence-corrected chi connectivity index (χ4v) is 1.41. The van der Waals surface area contributed by atoms with E-state index in [9.17, 15) is 4.39 Å². The molecule has 1 N–H and O–H groups in total. The summed E-state index contributed by atoms with van der Waals surface area (Å²) < 4.78 is 18.1. The number of aryl methyl sites for hydroxylation is 2. The number of halogens is 1. The maximum atomic E-state index is 12.8. The summed E-state index contributed by atoms with van der Waals surface area (Å²) in [5.74, 6) is 0.811. The summed E-state index contributed by atoms with van der Waals surface area (Å²) in [6.45, 7) is 4.01. The zero-order valence-corrected chi connectivity index (χ0v) is 9.12. The van der Waals surface area contributed by atoms with Crippen LogP contribution in [-0.2, 0) is 6.54 Å². The Labute approximate surface area is 92.5 Å². The number of nitrogens with zero attached hydrogens (tertiary/aromatic N) is 2. The number of nitrogens with one attached hydrogen (secondary N) is 1. The molecule has 0 bridgehead atoms. The number of aromatic nitrogens is 2. The van der Waals surface area contributed by atoms with Gasteiger partial charge in [-0.2, -0.15) is 0 Å². The lowest BCUT2D eigenvalue weighted by atomic mass is 10.2. The van der Waals surface area contributed by atoms with Crippen LogP contribution in [0.4, 0.5) is 10.1 Å². The molecule has 0 aliphatic rings.